The Morgan fingerprint density at radius 3 is 2.94 bits per heavy atom. The van der Waals surface area contributed by atoms with E-state index >= 15 is 0 Å². The summed E-state index contributed by atoms with van der Waals surface area (Å²) in [7, 11) is 1.79. The molecule has 0 saturated heterocycles. The van der Waals surface area contributed by atoms with Gasteiger partial charge in [-0.1, -0.05) is 0 Å². The summed E-state index contributed by atoms with van der Waals surface area (Å²) < 4.78 is 2.65. The van der Waals surface area contributed by atoms with Crippen LogP contribution in [0.1, 0.15) is 5.56 Å². The van der Waals surface area contributed by atoms with Gasteiger partial charge >= 0.3 is 5.97 Å². The lowest BCUT2D eigenvalue weighted by atomic mass is 10.1. The molecule has 0 fully saturated rings. The van der Waals surface area contributed by atoms with Crippen molar-refractivity contribution < 1.29 is 9.90 Å². The number of rotatable bonds is 3. The van der Waals surface area contributed by atoms with Crippen molar-refractivity contribution in [2.75, 3.05) is 0 Å². The first-order chi connectivity index (χ1) is 7.56. The lowest BCUT2D eigenvalue weighted by Gasteiger charge is -1.95. The van der Waals surface area contributed by atoms with Gasteiger partial charge in [0.15, 0.2) is 0 Å². The average molecular weight is 301 g/mol. The standard InChI is InChI=1S/C10H9BrN2O2S/c1-13-5-6(4-9(14)15)10(12-13)7-2-3-8(11)16-7/h2-3,5H,4H2,1H3,(H,14,15). The molecule has 0 spiro atoms. The maximum atomic E-state index is 10.7. The van der Waals surface area contributed by atoms with E-state index in [1.807, 2.05) is 12.1 Å². The summed E-state index contributed by atoms with van der Waals surface area (Å²) in [5.41, 5.74) is 1.49. The highest BCUT2D eigenvalue weighted by molar-refractivity contribution is 9.11. The van der Waals surface area contributed by atoms with Crippen molar-refractivity contribution in [2.24, 2.45) is 7.05 Å². The Kier molecular flexibility index (Phi) is 3.11. The fraction of sp³-hybridized carbons (Fsp3) is 0.200. The minimum atomic E-state index is -0.843. The van der Waals surface area contributed by atoms with Gasteiger partial charge in [0.1, 0.15) is 5.69 Å². The molecule has 0 saturated carbocycles. The van der Waals surface area contributed by atoms with E-state index in [4.69, 9.17) is 5.11 Å². The van der Waals surface area contributed by atoms with E-state index < -0.39 is 5.97 Å². The number of aryl methyl sites for hydroxylation is 1. The summed E-state index contributed by atoms with van der Waals surface area (Å²) in [6, 6.07) is 3.86. The molecular weight excluding hydrogens is 292 g/mol. The molecule has 0 aliphatic rings. The van der Waals surface area contributed by atoms with E-state index in [0.717, 1.165) is 19.9 Å². The summed E-state index contributed by atoms with van der Waals surface area (Å²) in [6.45, 7) is 0. The van der Waals surface area contributed by atoms with Crippen LogP contribution in [-0.4, -0.2) is 20.9 Å². The van der Waals surface area contributed by atoms with Crippen molar-refractivity contribution >= 4 is 33.2 Å². The van der Waals surface area contributed by atoms with Crippen molar-refractivity contribution in [1.82, 2.24) is 9.78 Å². The molecule has 6 heteroatoms. The Bertz CT molecular complexity index is 533. The van der Waals surface area contributed by atoms with Gasteiger partial charge in [0.05, 0.1) is 15.1 Å². The van der Waals surface area contributed by atoms with Crippen molar-refractivity contribution in [3.63, 3.8) is 0 Å². The number of carbonyl (C=O) groups is 1. The quantitative estimate of drug-likeness (QED) is 0.948. The second-order valence-corrected chi connectivity index (χ2v) is 5.81. The van der Waals surface area contributed by atoms with E-state index in [1.165, 1.54) is 0 Å². The van der Waals surface area contributed by atoms with Crippen LogP contribution in [0.5, 0.6) is 0 Å². The zero-order valence-electron chi connectivity index (χ0n) is 8.48. The molecule has 2 heterocycles. The van der Waals surface area contributed by atoms with Crippen LogP contribution in [0.25, 0.3) is 10.6 Å². The van der Waals surface area contributed by atoms with Crippen LogP contribution in [0, 0.1) is 0 Å². The Labute approximate surface area is 105 Å². The molecule has 2 aromatic rings. The Hall–Kier alpha value is -1.14. The molecular formula is C10H9BrN2O2S. The normalized spacial score (nSPS) is 10.6. The molecule has 1 N–H and O–H groups in total. The summed E-state index contributed by atoms with van der Waals surface area (Å²) >= 11 is 4.92. The summed E-state index contributed by atoms with van der Waals surface area (Å²) in [4.78, 5) is 11.7. The highest BCUT2D eigenvalue weighted by atomic mass is 79.9. The molecule has 0 aliphatic heterocycles. The second kappa shape index (κ2) is 4.39. The van der Waals surface area contributed by atoms with Gasteiger partial charge in [0.25, 0.3) is 0 Å². The lowest BCUT2D eigenvalue weighted by Crippen LogP contribution is -1.99. The predicted octanol–water partition coefficient (Wildman–Crippen LogP) is 2.54. The molecule has 0 unspecified atom stereocenters. The van der Waals surface area contributed by atoms with E-state index in [1.54, 1.807) is 29.3 Å². The van der Waals surface area contributed by atoms with Gasteiger partial charge in [-0.3, -0.25) is 9.48 Å². The molecule has 84 valence electrons. The minimum Gasteiger partial charge on any atom is -0.481 e. The van der Waals surface area contributed by atoms with Crippen molar-refractivity contribution in [3.05, 3.63) is 27.7 Å². The van der Waals surface area contributed by atoms with E-state index in [2.05, 4.69) is 21.0 Å². The zero-order valence-corrected chi connectivity index (χ0v) is 10.9. The minimum absolute atomic E-state index is 0.00130. The third-order valence-corrected chi connectivity index (χ3v) is 3.68. The molecule has 0 atom stereocenters. The zero-order chi connectivity index (χ0) is 11.7. The topological polar surface area (TPSA) is 55.1 Å². The number of halogens is 1. The Balaban J connectivity index is 2.43. The van der Waals surface area contributed by atoms with Crippen molar-refractivity contribution in [3.8, 4) is 10.6 Å². The monoisotopic (exact) mass is 300 g/mol. The first-order valence-corrected chi connectivity index (χ1v) is 6.17. The highest BCUT2D eigenvalue weighted by Crippen LogP contribution is 2.32. The lowest BCUT2D eigenvalue weighted by molar-refractivity contribution is -0.136. The van der Waals surface area contributed by atoms with Crippen LogP contribution in [0.2, 0.25) is 0 Å². The molecule has 2 rings (SSSR count). The first kappa shape index (κ1) is 11.3. The summed E-state index contributed by atoms with van der Waals surface area (Å²) in [5, 5.41) is 13.1. The molecule has 0 bridgehead atoms. The molecule has 2 aromatic heterocycles. The van der Waals surface area contributed by atoms with Crippen LogP contribution in [0.3, 0.4) is 0 Å². The summed E-state index contributed by atoms with van der Waals surface area (Å²) in [6.07, 6.45) is 1.75. The number of carboxylic acids is 1. The van der Waals surface area contributed by atoms with E-state index in [-0.39, 0.29) is 6.42 Å². The molecule has 0 aliphatic carbocycles. The number of hydrogen-bond donors (Lipinski definition) is 1. The van der Waals surface area contributed by atoms with Gasteiger partial charge in [0.2, 0.25) is 0 Å². The molecule has 16 heavy (non-hydrogen) atoms. The smallest absolute Gasteiger partial charge is 0.307 e. The molecule has 0 amide bonds. The van der Waals surface area contributed by atoms with Crippen molar-refractivity contribution in [1.29, 1.82) is 0 Å². The van der Waals surface area contributed by atoms with Gasteiger partial charge in [0, 0.05) is 18.8 Å². The maximum absolute atomic E-state index is 10.7. The maximum Gasteiger partial charge on any atom is 0.307 e. The number of hydrogen-bond acceptors (Lipinski definition) is 3. The third kappa shape index (κ3) is 2.33. The van der Waals surface area contributed by atoms with Crippen LogP contribution in [0.4, 0.5) is 0 Å². The van der Waals surface area contributed by atoms with Crippen LogP contribution in [-0.2, 0) is 18.3 Å². The van der Waals surface area contributed by atoms with Gasteiger partial charge in [-0.2, -0.15) is 5.10 Å². The Morgan fingerprint density at radius 1 is 1.62 bits per heavy atom. The molecule has 0 aromatic carbocycles. The second-order valence-electron chi connectivity index (χ2n) is 3.35. The molecule has 4 nitrogen and oxygen atoms in total. The predicted molar refractivity (Wildman–Crippen MR) is 65.6 cm³/mol. The number of nitrogens with zero attached hydrogens (tertiary/aromatic N) is 2. The van der Waals surface area contributed by atoms with Gasteiger partial charge in [-0.15, -0.1) is 11.3 Å². The average Bonchev–Trinajstić information content (AvgIpc) is 2.72. The fourth-order valence-electron chi connectivity index (χ4n) is 1.48. The van der Waals surface area contributed by atoms with Gasteiger partial charge in [-0.25, -0.2) is 0 Å². The number of carboxylic acid groups (broad SMARTS) is 1. The van der Waals surface area contributed by atoms with E-state index in [0.29, 0.717) is 0 Å². The largest absolute Gasteiger partial charge is 0.481 e. The van der Waals surface area contributed by atoms with Crippen LogP contribution < -0.4 is 0 Å². The number of aromatic nitrogens is 2. The highest BCUT2D eigenvalue weighted by Gasteiger charge is 2.14. The first-order valence-electron chi connectivity index (χ1n) is 4.56. The SMILES string of the molecule is Cn1cc(CC(=O)O)c(-c2ccc(Br)s2)n1. The summed E-state index contributed by atoms with van der Waals surface area (Å²) in [5.74, 6) is -0.843. The Morgan fingerprint density at radius 2 is 2.38 bits per heavy atom. The molecule has 0 radical (unpaired) electrons. The van der Waals surface area contributed by atoms with E-state index in [9.17, 15) is 4.79 Å². The number of thiophene rings is 1. The van der Waals surface area contributed by atoms with Gasteiger partial charge in [-0.05, 0) is 28.1 Å². The van der Waals surface area contributed by atoms with Crippen LogP contribution >= 0.6 is 27.3 Å². The number of aliphatic carboxylic acids is 1. The van der Waals surface area contributed by atoms with Crippen molar-refractivity contribution in [2.45, 2.75) is 6.42 Å². The third-order valence-electron chi connectivity index (χ3n) is 2.05. The fourth-order valence-corrected chi connectivity index (χ4v) is 2.89. The van der Waals surface area contributed by atoms with Gasteiger partial charge < -0.3 is 5.11 Å². The van der Waals surface area contributed by atoms with Crippen LogP contribution in [0.15, 0.2) is 22.1 Å².